The lowest BCUT2D eigenvalue weighted by atomic mass is 10.0. The van der Waals surface area contributed by atoms with E-state index in [2.05, 4.69) is 14.9 Å². The van der Waals surface area contributed by atoms with Crippen molar-refractivity contribution in [3.05, 3.63) is 47.2 Å². The Labute approximate surface area is 169 Å². The summed E-state index contributed by atoms with van der Waals surface area (Å²) < 4.78 is 19.3. The van der Waals surface area contributed by atoms with Crippen LogP contribution in [0.2, 0.25) is 0 Å². The van der Waals surface area contributed by atoms with Gasteiger partial charge in [-0.3, -0.25) is 0 Å². The maximum atomic E-state index is 14.3. The molecule has 1 unspecified atom stereocenters. The second kappa shape index (κ2) is 8.32. The minimum atomic E-state index is -0.525. The number of nitrogens with zero attached hydrogens (tertiary/aromatic N) is 4. The normalized spacial score (nSPS) is 18.7. The summed E-state index contributed by atoms with van der Waals surface area (Å²) in [5.41, 5.74) is 3.16. The van der Waals surface area contributed by atoms with Crippen LogP contribution in [0, 0.1) is 5.95 Å². The van der Waals surface area contributed by atoms with Crippen LogP contribution in [0.15, 0.2) is 24.4 Å². The molecular weight excluding hydrogens is 375 g/mol. The first-order valence-electron chi connectivity index (χ1n) is 10.0. The maximum absolute atomic E-state index is 14.3. The third-order valence-corrected chi connectivity index (χ3v) is 5.59. The number of aliphatic hydroxyl groups excluding tert-OH is 1. The van der Waals surface area contributed by atoms with Crippen LogP contribution < -0.4 is 9.80 Å². The van der Waals surface area contributed by atoms with Crippen molar-refractivity contribution in [1.29, 1.82) is 0 Å². The largest absolute Gasteiger partial charge is 0.461 e. The van der Waals surface area contributed by atoms with Crippen LogP contribution in [0.3, 0.4) is 0 Å². The summed E-state index contributed by atoms with van der Waals surface area (Å²) in [6, 6.07) is 5.12. The van der Waals surface area contributed by atoms with Crippen molar-refractivity contribution in [3.8, 4) is 0 Å². The molecule has 2 aliphatic rings. The van der Waals surface area contributed by atoms with E-state index in [9.17, 15) is 14.3 Å². The number of hydrogen-bond acceptors (Lipinski definition) is 7. The van der Waals surface area contributed by atoms with Crippen LogP contribution in [0.25, 0.3) is 0 Å². The molecule has 0 saturated carbocycles. The molecule has 0 spiro atoms. The molecule has 29 heavy (non-hydrogen) atoms. The molecule has 4 rings (SSSR count). The van der Waals surface area contributed by atoms with Gasteiger partial charge in [-0.2, -0.15) is 4.39 Å². The van der Waals surface area contributed by atoms with Gasteiger partial charge in [-0.25, -0.2) is 14.8 Å². The van der Waals surface area contributed by atoms with Gasteiger partial charge in [0.25, 0.3) is 0 Å². The number of fused-ring (bicyclic) bond motifs is 1. The SMILES string of the molecule is CCOC(=O)c1cc2c(cn1)CN(c1cc(F)nc(N3CCCC3CO)c1)CC2. The van der Waals surface area contributed by atoms with Gasteiger partial charge in [0.05, 0.1) is 19.3 Å². The summed E-state index contributed by atoms with van der Waals surface area (Å²) in [7, 11) is 0. The third-order valence-electron chi connectivity index (χ3n) is 5.59. The van der Waals surface area contributed by atoms with Crippen molar-refractivity contribution in [1.82, 2.24) is 9.97 Å². The topological polar surface area (TPSA) is 78.8 Å². The van der Waals surface area contributed by atoms with Crippen molar-refractivity contribution in [2.45, 2.75) is 38.8 Å². The second-order valence-electron chi connectivity index (χ2n) is 7.41. The molecule has 0 bridgehead atoms. The average Bonchev–Trinajstić information content (AvgIpc) is 3.21. The Hall–Kier alpha value is -2.74. The molecule has 0 aromatic carbocycles. The predicted octanol–water partition coefficient (Wildman–Crippen LogP) is 2.32. The van der Waals surface area contributed by atoms with Gasteiger partial charge in [-0.05, 0) is 43.4 Å². The summed E-state index contributed by atoms with van der Waals surface area (Å²) in [6.07, 6.45) is 4.28. The summed E-state index contributed by atoms with van der Waals surface area (Å²) >= 11 is 0. The molecule has 8 heteroatoms. The van der Waals surface area contributed by atoms with Crippen molar-refractivity contribution in [2.75, 3.05) is 36.1 Å². The number of pyridine rings is 2. The molecule has 0 aliphatic carbocycles. The molecule has 1 N–H and O–H groups in total. The van der Waals surface area contributed by atoms with Gasteiger partial charge in [0.2, 0.25) is 5.95 Å². The number of aliphatic hydroxyl groups is 1. The average molecular weight is 400 g/mol. The number of ether oxygens (including phenoxy) is 1. The minimum Gasteiger partial charge on any atom is -0.461 e. The zero-order chi connectivity index (χ0) is 20.4. The standard InChI is InChI=1S/C21H25FN4O3/c1-2-29-21(28)18-8-14-5-7-25(12-15(14)11-23-18)17-9-19(22)24-20(10-17)26-6-3-4-16(26)13-27/h8-11,16,27H,2-7,12-13H2,1H3. The monoisotopic (exact) mass is 400 g/mol. The number of esters is 1. The number of hydrogen-bond donors (Lipinski definition) is 1. The molecule has 2 aromatic rings. The van der Waals surface area contributed by atoms with Gasteiger partial charge in [0.1, 0.15) is 11.5 Å². The van der Waals surface area contributed by atoms with Crippen molar-refractivity contribution in [3.63, 3.8) is 0 Å². The van der Waals surface area contributed by atoms with Gasteiger partial charge in [0.15, 0.2) is 0 Å². The Balaban J connectivity index is 1.56. The van der Waals surface area contributed by atoms with Gasteiger partial charge in [0, 0.05) is 43.7 Å². The highest BCUT2D eigenvalue weighted by Crippen LogP contribution is 2.30. The fourth-order valence-corrected chi connectivity index (χ4v) is 4.10. The molecule has 0 amide bonds. The molecule has 1 saturated heterocycles. The Bertz CT molecular complexity index is 907. The third kappa shape index (κ3) is 4.03. The van der Waals surface area contributed by atoms with Crippen molar-refractivity contribution >= 4 is 17.5 Å². The molecule has 1 atom stereocenters. The predicted molar refractivity (Wildman–Crippen MR) is 107 cm³/mol. The fraction of sp³-hybridized carbons (Fsp3) is 0.476. The summed E-state index contributed by atoms with van der Waals surface area (Å²) in [6.45, 7) is 4.17. The van der Waals surface area contributed by atoms with E-state index in [1.807, 2.05) is 11.0 Å². The van der Waals surface area contributed by atoms with Crippen LogP contribution in [0.1, 0.15) is 41.4 Å². The number of anilines is 2. The Kier molecular flexibility index (Phi) is 5.62. The van der Waals surface area contributed by atoms with Gasteiger partial charge in [-0.15, -0.1) is 0 Å². The number of carbonyl (C=O) groups excluding carboxylic acids is 1. The van der Waals surface area contributed by atoms with Crippen LogP contribution >= 0.6 is 0 Å². The lowest BCUT2D eigenvalue weighted by molar-refractivity contribution is 0.0519. The lowest BCUT2D eigenvalue weighted by Crippen LogP contribution is -2.34. The molecule has 0 radical (unpaired) electrons. The van der Waals surface area contributed by atoms with Crippen molar-refractivity contribution in [2.24, 2.45) is 0 Å². The van der Waals surface area contributed by atoms with E-state index in [0.717, 1.165) is 42.6 Å². The maximum Gasteiger partial charge on any atom is 0.356 e. The summed E-state index contributed by atoms with van der Waals surface area (Å²) in [5.74, 6) is -0.372. The van der Waals surface area contributed by atoms with Crippen LogP contribution in [0.5, 0.6) is 0 Å². The zero-order valence-electron chi connectivity index (χ0n) is 16.5. The first-order valence-corrected chi connectivity index (χ1v) is 10.0. The highest BCUT2D eigenvalue weighted by Gasteiger charge is 2.27. The van der Waals surface area contributed by atoms with Gasteiger partial charge in [-0.1, -0.05) is 0 Å². The van der Waals surface area contributed by atoms with E-state index in [4.69, 9.17) is 4.74 Å². The highest BCUT2D eigenvalue weighted by molar-refractivity contribution is 5.87. The van der Waals surface area contributed by atoms with E-state index in [1.165, 1.54) is 6.07 Å². The number of aromatic nitrogens is 2. The first kappa shape index (κ1) is 19.6. The molecule has 2 aliphatic heterocycles. The van der Waals surface area contributed by atoms with E-state index in [-0.39, 0.29) is 12.6 Å². The Morgan fingerprint density at radius 3 is 2.97 bits per heavy atom. The molecule has 4 heterocycles. The Morgan fingerprint density at radius 2 is 2.17 bits per heavy atom. The number of halogens is 1. The summed E-state index contributed by atoms with van der Waals surface area (Å²) in [5, 5.41) is 9.58. The molecule has 1 fully saturated rings. The lowest BCUT2D eigenvalue weighted by Gasteiger charge is -2.32. The van der Waals surface area contributed by atoms with Crippen LogP contribution in [-0.4, -0.2) is 53.4 Å². The fourth-order valence-electron chi connectivity index (χ4n) is 4.10. The van der Waals surface area contributed by atoms with Crippen LogP contribution in [0.4, 0.5) is 15.9 Å². The number of rotatable bonds is 5. The minimum absolute atomic E-state index is 0.00951. The molecule has 7 nitrogen and oxygen atoms in total. The second-order valence-corrected chi connectivity index (χ2v) is 7.41. The van der Waals surface area contributed by atoms with Crippen LogP contribution in [-0.2, 0) is 17.7 Å². The first-order chi connectivity index (χ1) is 14.1. The quantitative estimate of drug-likeness (QED) is 0.609. The summed E-state index contributed by atoms with van der Waals surface area (Å²) in [4.78, 5) is 24.3. The van der Waals surface area contributed by atoms with E-state index < -0.39 is 11.9 Å². The smallest absolute Gasteiger partial charge is 0.356 e. The van der Waals surface area contributed by atoms with E-state index in [1.54, 1.807) is 19.2 Å². The van der Waals surface area contributed by atoms with Gasteiger partial charge < -0.3 is 19.6 Å². The van der Waals surface area contributed by atoms with E-state index in [0.29, 0.717) is 31.2 Å². The highest BCUT2D eigenvalue weighted by atomic mass is 19.1. The zero-order valence-corrected chi connectivity index (χ0v) is 16.5. The molecule has 2 aromatic heterocycles. The van der Waals surface area contributed by atoms with Crippen molar-refractivity contribution < 1.29 is 19.0 Å². The Morgan fingerprint density at radius 1 is 1.31 bits per heavy atom. The van der Waals surface area contributed by atoms with E-state index >= 15 is 0 Å². The van der Waals surface area contributed by atoms with Gasteiger partial charge >= 0.3 is 5.97 Å². The number of carbonyl (C=O) groups is 1. The molecule has 154 valence electrons. The molecular formula is C21H25FN4O3.